The van der Waals surface area contributed by atoms with Crippen molar-refractivity contribution in [3.63, 3.8) is 0 Å². The molecule has 0 saturated heterocycles. The molecule has 2 aromatic rings. The molecule has 0 saturated carbocycles. The molecule has 0 bridgehead atoms. The van der Waals surface area contributed by atoms with Gasteiger partial charge < -0.3 is 14.0 Å². The number of ether oxygens (including phenoxy) is 2. The van der Waals surface area contributed by atoms with Crippen LogP contribution >= 0.6 is 0 Å². The Labute approximate surface area is 116 Å². The van der Waals surface area contributed by atoms with Crippen LogP contribution in [0.1, 0.15) is 13.3 Å². The van der Waals surface area contributed by atoms with E-state index in [4.69, 9.17) is 9.47 Å². The van der Waals surface area contributed by atoms with Gasteiger partial charge in [0.25, 0.3) is 5.56 Å². The van der Waals surface area contributed by atoms with Crippen LogP contribution in [-0.4, -0.2) is 29.2 Å². The van der Waals surface area contributed by atoms with Gasteiger partial charge in [0.1, 0.15) is 5.75 Å². The van der Waals surface area contributed by atoms with Crippen LogP contribution in [0.15, 0.2) is 29.2 Å². The van der Waals surface area contributed by atoms with E-state index in [1.54, 1.807) is 25.3 Å². The second kappa shape index (κ2) is 6.18. The number of hydrogen-bond donors (Lipinski definition) is 0. The molecule has 0 N–H and O–H groups in total. The number of carbonyl (C=O) groups excluding carboxylic acids is 1. The molecular weight excluding hydrogens is 260 g/mol. The summed E-state index contributed by atoms with van der Waals surface area (Å²) < 4.78 is 11.5. The minimum atomic E-state index is -0.327. The van der Waals surface area contributed by atoms with Gasteiger partial charge in [-0.1, -0.05) is 0 Å². The Morgan fingerprint density at radius 2 is 2.20 bits per heavy atom. The Morgan fingerprint density at radius 3 is 2.90 bits per heavy atom. The summed E-state index contributed by atoms with van der Waals surface area (Å²) in [6, 6.07) is 4.82. The van der Waals surface area contributed by atoms with Gasteiger partial charge >= 0.3 is 5.97 Å². The average molecular weight is 276 g/mol. The van der Waals surface area contributed by atoms with Gasteiger partial charge in [0.2, 0.25) is 0 Å². The lowest BCUT2D eigenvalue weighted by Crippen LogP contribution is -2.21. The van der Waals surface area contributed by atoms with Gasteiger partial charge in [0.15, 0.2) is 0 Å². The van der Waals surface area contributed by atoms with Crippen molar-refractivity contribution in [2.24, 2.45) is 0 Å². The topological polar surface area (TPSA) is 70.4 Å². The number of fused-ring (bicyclic) bond motifs is 1. The van der Waals surface area contributed by atoms with Crippen LogP contribution in [0.5, 0.6) is 5.75 Å². The molecule has 0 atom stereocenters. The third kappa shape index (κ3) is 2.96. The maximum absolute atomic E-state index is 11.9. The molecule has 0 fully saturated rings. The zero-order valence-corrected chi connectivity index (χ0v) is 11.5. The molecule has 106 valence electrons. The molecule has 0 radical (unpaired) electrons. The Bertz CT molecular complexity index is 678. The fourth-order valence-electron chi connectivity index (χ4n) is 1.93. The molecule has 0 unspecified atom stereocenters. The second-order valence-electron chi connectivity index (χ2n) is 4.16. The Balaban J connectivity index is 2.37. The van der Waals surface area contributed by atoms with Gasteiger partial charge in [-0.3, -0.25) is 14.6 Å². The van der Waals surface area contributed by atoms with Crippen LogP contribution in [0.3, 0.4) is 0 Å². The van der Waals surface area contributed by atoms with Crippen LogP contribution < -0.4 is 10.3 Å². The summed E-state index contributed by atoms with van der Waals surface area (Å²) in [5, 5.41) is 0. The number of carbonyl (C=O) groups is 1. The maximum Gasteiger partial charge on any atom is 0.307 e. The summed E-state index contributed by atoms with van der Waals surface area (Å²) in [6.07, 6.45) is 1.73. The Hall–Kier alpha value is -2.37. The Morgan fingerprint density at radius 1 is 1.40 bits per heavy atom. The van der Waals surface area contributed by atoms with Gasteiger partial charge in [0, 0.05) is 18.7 Å². The molecule has 0 aliphatic heterocycles. The molecule has 6 heteroatoms. The molecule has 2 heterocycles. The average Bonchev–Trinajstić information content (AvgIpc) is 2.46. The lowest BCUT2D eigenvalue weighted by Gasteiger charge is -2.10. The van der Waals surface area contributed by atoms with Crippen LogP contribution in [0.2, 0.25) is 0 Å². The molecule has 2 rings (SSSR count). The van der Waals surface area contributed by atoms with E-state index in [-0.39, 0.29) is 24.5 Å². The van der Waals surface area contributed by atoms with Crippen LogP contribution in [0, 0.1) is 0 Å². The first-order valence-corrected chi connectivity index (χ1v) is 6.35. The molecule has 0 aliphatic rings. The first kappa shape index (κ1) is 14.0. The predicted molar refractivity (Wildman–Crippen MR) is 73.8 cm³/mol. The first-order chi connectivity index (χ1) is 9.65. The number of pyridine rings is 2. The molecule has 0 aliphatic carbocycles. The van der Waals surface area contributed by atoms with Crippen LogP contribution in [0.25, 0.3) is 11.0 Å². The van der Waals surface area contributed by atoms with E-state index < -0.39 is 0 Å². The molecule has 20 heavy (non-hydrogen) atoms. The first-order valence-electron chi connectivity index (χ1n) is 6.35. The van der Waals surface area contributed by atoms with Crippen molar-refractivity contribution >= 4 is 17.0 Å². The molecule has 6 nitrogen and oxygen atoms in total. The van der Waals surface area contributed by atoms with Crippen LogP contribution in [0.4, 0.5) is 0 Å². The zero-order valence-electron chi connectivity index (χ0n) is 11.5. The van der Waals surface area contributed by atoms with Crippen LogP contribution in [-0.2, 0) is 16.1 Å². The summed E-state index contributed by atoms with van der Waals surface area (Å²) in [7, 11) is 1.53. The van der Waals surface area contributed by atoms with Crippen molar-refractivity contribution < 1.29 is 14.3 Å². The normalized spacial score (nSPS) is 10.5. The fraction of sp³-hybridized carbons (Fsp3) is 0.357. The summed E-state index contributed by atoms with van der Waals surface area (Å²) in [5.41, 5.74) is 1.13. The minimum Gasteiger partial charge on any atom is -0.495 e. The number of methoxy groups -OCH3 is 1. The quantitative estimate of drug-likeness (QED) is 0.771. The van der Waals surface area contributed by atoms with Crippen molar-refractivity contribution in [2.75, 3.05) is 13.7 Å². The second-order valence-corrected chi connectivity index (χ2v) is 4.16. The third-order valence-electron chi connectivity index (χ3n) is 2.89. The third-order valence-corrected chi connectivity index (χ3v) is 2.89. The molecular formula is C14H16N2O4. The van der Waals surface area contributed by atoms with Gasteiger partial charge in [-0.05, 0) is 13.0 Å². The van der Waals surface area contributed by atoms with Gasteiger partial charge in [-0.15, -0.1) is 0 Å². The highest BCUT2D eigenvalue weighted by Gasteiger charge is 2.08. The largest absolute Gasteiger partial charge is 0.495 e. The highest BCUT2D eigenvalue weighted by molar-refractivity contribution is 5.76. The fourth-order valence-corrected chi connectivity index (χ4v) is 1.93. The summed E-state index contributed by atoms with van der Waals surface area (Å²) in [5.74, 6) is 0.236. The number of aryl methyl sites for hydroxylation is 1. The summed E-state index contributed by atoms with van der Waals surface area (Å²) >= 11 is 0. The molecule has 2 aromatic heterocycles. The molecule has 0 aromatic carbocycles. The number of esters is 1. The molecule has 0 spiro atoms. The van der Waals surface area contributed by atoms with E-state index in [1.165, 1.54) is 17.7 Å². The summed E-state index contributed by atoms with van der Waals surface area (Å²) in [6.45, 7) is 2.33. The van der Waals surface area contributed by atoms with E-state index in [1.807, 2.05) is 0 Å². The monoisotopic (exact) mass is 276 g/mol. The number of hydrogen-bond acceptors (Lipinski definition) is 5. The SMILES string of the molecule is CCOC(=O)CCn1c(=O)ccc2ncc(OC)cc21. The van der Waals surface area contributed by atoms with E-state index in [9.17, 15) is 9.59 Å². The van der Waals surface area contributed by atoms with Gasteiger partial charge in [-0.25, -0.2) is 0 Å². The highest BCUT2D eigenvalue weighted by atomic mass is 16.5. The highest BCUT2D eigenvalue weighted by Crippen LogP contribution is 2.16. The lowest BCUT2D eigenvalue weighted by atomic mass is 10.3. The number of nitrogens with zero attached hydrogens (tertiary/aromatic N) is 2. The minimum absolute atomic E-state index is 0.143. The van der Waals surface area contributed by atoms with E-state index in [0.29, 0.717) is 23.4 Å². The molecule has 0 amide bonds. The maximum atomic E-state index is 11.9. The van der Waals surface area contributed by atoms with Crippen molar-refractivity contribution in [1.82, 2.24) is 9.55 Å². The van der Waals surface area contributed by atoms with Crippen molar-refractivity contribution in [3.8, 4) is 5.75 Å². The standard InChI is InChI=1S/C14H16N2O4/c1-3-20-14(18)6-7-16-12-8-10(19-2)9-15-11(12)4-5-13(16)17/h4-5,8-9H,3,6-7H2,1-2H3. The van der Waals surface area contributed by atoms with E-state index >= 15 is 0 Å². The smallest absolute Gasteiger partial charge is 0.307 e. The van der Waals surface area contributed by atoms with Gasteiger partial charge in [0.05, 0.1) is 37.4 Å². The van der Waals surface area contributed by atoms with Crippen molar-refractivity contribution in [2.45, 2.75) is 19.9 Å². The van der Waals surface area contributed by atoms with Crippen molar-refractivity contribution in [1.29, 1.82) is 0 Å². The zero-order chi connectivity index (χ0) is 14.5. The Kier molecular flexibility index (Phi) is 4.34. The van der Waals surface area contributed by atoms with Gasteiger partial charge in [-0.2, -0.15) is 0 Å². The number of rotatable bonds is 5. The summed E-state index contributed by atoms with van der Waals surface area (Å²) in [4.78, 5) is 27.6. The predicted octanol–water partition coefficient (Wildman–Crippen LogP) is 1.36. The van der Waals surface area contributed by atoms with Crippen molar-refractivity contribution in [3.05, 3.63) is 34.7 Å². The lowest BCUT2D eigenvalue weighted by molar-refractivity contribution is -0.143. The number of aromatic nitrogens is 2. The van der Waals surface area contributed by atoms with E-state index in [2.05, 4.69) is 4.98 Å². The van der Waals surface area contributed by atoms with E-state index in [0.717, 1.165) is 0 Å².